The zero-order chi connectivity index (χ0) is 20.2. The maximum atomic E-state index is 10.9. The standard InChI is InChI=1S/C12H15NO.C10H10BrNO/c1-4-12(14)13-8-11-6-9(2)5-10(3)7-11;1-2-10(13)12-7-8-3-5-9(11)6-4-8/h4-7H,1,8H2,2-3H3,(H,13,14);2-6H,1,7H2,(H,12,13). The van der Waals surface area contributed by atoms with Crippen LogP contribution in [0.4, 0.5) is 0 Å². The average Bonchev–Trinajstić information content (AvgIpc) is 2.65. The molecule has 2 amide bonds. The first-order valence-corrected chi connectivity index (χ1v) is 9.25. The molecule has 0 unspecified atom stereocenters. The highest BCUT2D eigenvalue weighted by Crippen LogP contribution is 2.10. The molecule has 0 saturated heterocycles. The highest BCUT2D eigenvalue weighted by Gasteiger charge is 1.98. The highest BCUT2D eigenvalue weighted by atomic mass is 79.9. The number of carbonyl (C=O) groups is 2. The van der Waals surface area contributed by atoms with E-state index in [1.54, 1.807) is 0 Å². The lowest BCUT2D eigenvalue weighted by Crippen LogP contribution is -2.19. The highest BCUT2D eigenvalue weighted by molar-refractivity contribution is 9.10. The number of hydrogen-bond acceptors (Lipinski definition) is 2. The summed E-state index contributed by atoms with van der Waals surface area (Å²) in [5.41, 5.74) is 4.62. The van der Waals surface area contributed by atoms with Crippen LogP contribution in [-0.4, -0.2) is 11.8 Å². The van der Waals surface area contributed by atoms with Crippen molar-refractivity contribution in [3.63, 3.8) is 0 Å². The molecule has 2 rings (SSSR count). The maximum Gasteiger partial charge on any atom is 0.243 e. The molecule has 2 N–H and O–H groups in total. The van der Waals surface area contributed by atoms with Gasteiger partial charge in [-0.1, -0.05) is 70.5 Å². The fraction of sp³-hybridized carbons (Fsp3) is 0.182. The molecule has 142 valence electrons. The molecule has 4 nitrogen and oxygen atoms in total. The second-order valence-corrected chi connectivity index (χ2v) is 6.88. The number of halogens is 1. The smallest absolute Gasteiger partial charge is 0.243 e. The normalized spacial score (nSPS) is 9.44. The summed E-state index contributed by atoms with van der Waals surface area (Å²) in [6.45, 7) is 12.0. The van der Waals surface area contributed by atoms with Crippen LogP contribution in [0.25, 0.3) is 0 Å². The van der Waals surface area contributed by atoms with Crippen molar-refractivity contribution in [3.05, 3.63) is 94.5 Å². The Kier molecular flexibility index (Phi) is 9.83. The largest absolute Gasteiger partial charge is 0.348 e. The molecule has 0 aliphatic rings. The third kappa shape index (κ3) is 9.56. The van der Waals surface area contributed by atoms with E-state index in [1.807, 2.05) is 38.1 Å². The SMILES string of the molecule is C=CC(=O)NCc1cc(C)cc(C)c1.C=CC(=O)NCc1ccc(Br)cc1. The van der Waals surface area contributed by atoms with Crippen LogP contribution >= 0.6 is 15.9 Å². The summed E-state index contributed by atoms with van der Waals surface area (Å²) >= 11 is 3.34. The van der Waals surface area contributed by atoms with Crippen LogP contribution in [0.15, 0.2) is 72.2 Å². The Morgan fingerprint density at radius 2 is 1.30 bits per heavy atom. The number of carbonyl (C=O) groups excluding carboxylic acids is 2. The Bertz CT molecular complexity index is 778. The quantitative estimate of drug-likeness (QED) is 0.671. The van der Waals surface area contributed by atoms with Crippen molar-refractivity contribution >= 4 is 27.7 Å². The molecule has 2 aromatic rings. The van der Waals surface area contributed by atoms with Gasteiger partial charge >= 0.3 is 0 Å². The number of aryl methyl sites for hydroxylation is 2. The second kappa shape index (κ2) is 11.9. The molecule has 5 heteroatoms. The van der Waals surface area contributed by atoms with Gasteiger partial charge in [-0.3, -0.25) is 9.59 Å². The van der Waals surface area contributed by atoms with Gasteiger partial charge in [-0.05, 0) is 49.3 Å². The molecule has 0 atom stereocenters. The summed E-state index contributed by atoms with van der Waals surface area (Å²) in [5.74, 6) is -0.285. The van der Waals surface area contributed by atoms with E-state index in [1.165, 1.54) is 23.3 Å². The first-order valence-electron chi connectivity index (χ1n) is 8.46. The first kappa shape index (κ1) is 22.4. The molecular formula is C22H25BrN2O2. The van der Waals surface area contributed by atoms with Gasteiger partial charge in [-0.25, -0.2) is 0 Å². The fourth-order valence-electron chi connectivity index (χ4n) is 2.30. The van der Waals surface area contributed by atoms with E-state index in [9.17, 15) is 9.59 Å². The van der Waals surface area contributed by atoms with Gasteiger partial charge < -0.3 is 10.6 Å². The van der Waals surface area contributed by atoms with Crippen LogP contribution in [0, 0.1) is 13.8 Å². The lowest BCUT2D eigenvalue weighted by molar-refractivity contribution is -0.117. The zero-order valence-corrected chi connectivity index (χ0v) is 17.3. The van der Waals surface area contributed by atoms with E-state index >= 15 is 0 Å². The van der Waals surface area contributed by atoms with Crippen molar-refractivity contribution in [2.75, 3.05) is 0 Å². The predicted octanol–water partition coefficient (Wildman–Crippen LogP) is 4.36. The van der Waals surface area contributed by atoms with Crippen molar-refractivity contribution in [1.29, 1.82) is 0 Å². The second-order valence-electron chi connectivity index (χ2n) is 5.97. The van der Waals surface area contributed by atoms with Gasteiger partial charge in [0, 0.05) is 17.6 Å². The van der Waals surface area contributed by atoms with Crippen LogP contribution in [0.3, 0.4) is 0 Å². The average molecular weight is 429 g/mol. The van der Waals surface area contributed by atoms with Gasteiger partial charge in [0.05, 0.1) is 0 Å². The van der Waals surface area contributed by atoms with Crippen molar-refractivity contribution < 1.29 is 9.59 Å². The molecular weight excluding hydrogens is 404 g/mol. The summed E-state index contributed by atoms with van der Waals surface area (Å²) in [4.78, 5) is 21.7. The topological polar surface area (TPSA) is 58.2 Å². The van der Waals surface area contributed by atoms with Crippen LogP contribution < -0.4 is 10.6 Å². The summed E-state index contributed by atoms with van der Waals surface area (Å²) < 4.78 is 1.03. The molecule has 0 radical (unpaired) electrons. The molecule has 0 aliphatic carbocycles. The van der Waals surface area contributed by atoms with Gasteiger partial charge in [0.2, 0.25) is 11.8 Å². The van der Waals surface area contributed by atoms with Crippen molar-refractivity contribution in [3.8, 4) is 0 Å². The van der Waals surface area contributed by atoms with Gasteiger partial charge in [0.15, 0.2) is 0 Å². The van der Waals surface area contributed by atoms with E-state index in [4.69, 9.17) is 0 Å². The third-order valence-electron chi connectivity index (χ3n) is 3.50. The van der Waals surface area contributed by atoms with Gasteiger partial charge in [0.1, 0.15) is 0 Å². The van der Waals surface area contributed by atoms with E-state index in [0.717, 1.165) is 15.6 Å². The summed E-state index contributed by atoms with van der Waals surface area (Å²) in [7, 11) is 0. The van der Waals surface area contributed by atoms with Crippen LogP contribution in [0.1, 0.15) is 22.3 Å². The van der Waals surface area contributed by atoms with E-state index in [2.05, 4.69) is 57.9 Å². The minimum atomic E-state index is -0.150. The van der Waals surface area contributed by atoms with E-state index < -0.39 is 0 Å². The monoisotopic (exact) mass is 428 g/mol. The number of rotatable bonds is 6. The molecule has 2 aromatic carbocycles. The Morgan fingerprint density at radius 3 is 1.74 bits per heavy atom. The van der Waals surface area contributed by atoms with Crippen molar-refractivity contribution in [2.24, 2.45) is 0 Å². The number of amides is 2. The van der Waals surface area contributed by atoms with Crippen LogP contribution in [0.5, 0.6) is 0 Å². The van der Waals surface area contributed by atoms with Crippen LogP contribution in [0.2, 0.25) is 0 Å². The summed E-state index contributed by atoms with van der Waals surface area (Å²) in [6.07, 6.45) is 2.54. The molecule has 0 aromatic heterocycles. The minimum absolute atomic E-state index is 0.135. The zero-order valence-electron chi connectivity index (χ0n) is 15.7. The first-order chi connectivity index (χ1) is 12.8. The number of hydrogen-bond donors (Lipinski definition) is 2. The van der Waals surface area contributed by atoms with Gasteiger partial charge in [0.25, 0.3) is 0 Å². The van der Waals surface area contributed by atoms with E-state index in [-0.39, 0.29) is 11.8 Å². The molecule has 0 spiro atoms. The Balaban J connectivity index is 0.000000271. The molecule has 0 aliphatic heterocycles. The Labute approximate surface area is 169 Å². The van der Waals surface area contributed by atoms with Crippen molar-refractivity contribution in [1.82, 2.24) is 10.6 Å². The number of nitrogens with one attached hydrogen (secondary N) is 2. The molecule has 0 heterocycles. The Hall–Kier alpha value is -2.66. The maximum absolute atomic E-state index is 10.9. The fourth-order valence-corrected chi connectivity index (χ4v) is 2.56. The van der Waals surface area contributed by atoms with Crippen LogP contribution in [-0.2, 0) is 22.7 Å². The Morgan fingerprint density at radius 1 is 0.852 bits per heavy atom. The lowest BCUT2D eigenvalue weighted by atomic mass is 10.1. The molecule has 0 bridgehead atoms. The molecule has 27 heavy (non-hydrogen) atoms. The lowest BCUT2D eigenvalue weighted by Gasteiger charge is -2.05. The van der Waals surface area contributed by atoms with Gasteiger partial charge in [-0.2, -0.15) is 0 Å². The van der Waals surface area contributed by atoms with Crippen molar-refractivity contribution in [2.45, 2.75) is 26.9 Å². The number of benzene rings is 2. The van der Waals surface area contributed by atoms with Gasteiger partial charge in [-0.15, -0.1) is 0 Å². The molecule has 0 fully saturated rings. The predicted molar refractivity (Wildman–Crippen MR) is 114 cm³/mol. The minimum Gasteiger partial charge on any atom is -0.348 e. The third-order valence-corrected chi connectivity index (χ3v) is 4.03. The molecule has 0 saturated carbocycles. The summed E-state index contributed by atoms with van der Waals surface area (Å²) in [5, 5.41) is 5.44. The summed E-state index contributed by atoms with van der Waals surface area (Å²) in [6, 6.07) is 14.0. The van der Waals surface area contributed by atoms with E-state index in [0.29, 0.717) is 13.1 Å².